The maximum absolute atomic E-state index is 6.06. The summed E-state index contributed by atoms with van der Waals surface area (Å²) in [6.45, 7) is 5.05. The molecule has 17 heavy (non-hydrogen) atoms. The van der Waals surface area contributed by atoms with E-state index in [1.54, 1.807) is 12.1 Å². The normalized spacial score (nSPS) is 10.6. The zero-order valence-electron chi connectivity index (χ0n) is 10.2. The maximum atomic E-state index is 6.06. The third kappa shape index (κ3) is 4.17. The molecule has 0 aromatic heterocycles. The van der Waals surface area contributed by atoms with Gasteiger partial charge in [-0.3, -0.25) is 0 Å². The second-order valence-corrected chi connectivity index (χ2v) is 4.85. The SMILES string of the molecule is CCC(CC)COc1ccc(C(N)=S)c(Cl)c1. The molecule has 0 aliphatic heterocycles. The summed E-state index contributed by atoms with van der Waals surface area (Å²) in [6.07, 6.45) is 2.24. The van der Waals surface area contributed by atoms with Crippen molar-refractivity contribution in [3.63, 3.8) is 0 Å². The van der Waals surface area contributed by atoms with Crippen LogP contribution in [0.5, 0.6) is 5.75 Å². The lowest BCUT2D eigenvalue weighted by Gasteiger charge is -2.14. The molecular formula is C13H18ClNOS. The number of hydrogen-bond donors (Lipinski definition) is 1. The van der Waals surface area contributed by atoms with Gasteiger partial charge in [0.05, 0.1) is 11.6 Å². The van der Waals surface area contributed by atoms with Gasteiger partial charge >= 0.3 is 0 Å². The Balaban J connectivity index is 2.67. The molecule has 4 heteroatoms. The third-order valence-corrected chi connectivity index (χ3v) is 3.38. The van der Waals surface area contributed by atoms with Crippen LogP contribution in [-0.4, -0.2) is 11.6 Å². The first-order chi connectivity index (χ1) is 8.08. The van der Waals surface area contributed by atoms with Crippen molar-refractivity contribution in [2.45, 2.75) is 26.7 Å². The molecule has 2 N–H and O–H groups in total. The van der Waals surface area contributed by atoms with Gasteiger partial charge in [-0.2, -0.15) is 0 Å². The molecule has 0 fully saturated rings. The number of ether oxygens (including phenoxy) is 1. The molecule has 0 radical (unpaired) electrons. The second kappa shape index (κ2) is 6.82. The van der Waals surface area contributed by atoms with Crippen molar-refractivity contribution in [1.29, 1.82) is 0 Å². The van der Waals surface area contributed by atoms with Crippen LogP contribution >= 0.6 is 23.8 Å². The molecule has 0 bridgehead atoms. The molecule has 0 amide bonds. The summed E-state index contributed by atoms with van der Waals surface area (Å²) < 4.78 is 5.70. The molecule has 94 valence electrons. The highest BCUT2D eigenvalue weighted by Gasteiger charge is 2.07. The zero-order chi connectivity index (χ0) is 12.8. The molecule has 0 saturated carbocycles. The summed E-state index contributed by atoms with van der Waals surface area (Å²) in [7, 11) is 0. The lowest BCUT2D eigenvalue weighted by Crippen LogP contribution is -2.12. The first kappa shape index (κ1) is 14.3. The van der Waals surface area contributed by atoms with Gasteiger partial charge in [-0.25, -0.2) is 0 Å². The van der Waals surface area contributed by atoms with Gasteiger partial charge in [0.15, 0.2) is 0 Å². The van der Waals surface area contributed by atoms with Crippen LogP contribution in [0.15, 0.2) is 18.2 Å². The lowest BCUT2D eigenvalue weighted by atomic mass is 10.1. The number of benzene rings is 1. The van der Waals surface area contributed by atoms with Gasteiger partial charge in [0.1, 0.15) is 10.7 Å². The van der Waals surface area contributed by atoms with E-state index < -0.39 is 0 Å². The van der Waals surface area contributed by atoms with Crippen LogP contribution in [0.1, 0.15) is 32.3 Å². The van der Waals surface area contributed by atoms with Crippen molar-refractivity contribution >= 4 is 28.8 Å². The largest absolute Gasteiger partial charge is 0.493 e. The monoisotopic (exact) mass is 271 g/mol. The van der Waals surface area contributed by atoms with Crippen LogP contribution in [0.2, 0.25) is 5.02 Å². The van der Waals surface area contributed by atoms with E-state index in [2.05, 4.69) is 13.8 Å². The van der Waals surface area contributed by atoms with E-state index in [0.29, 0.717) is 21.5 Å². The van der Waals surface area contributed by atoms with E-state index in [0.717, 1.165) is 25.2 Å². The van der Waals surface area contributed by atoms with Crippen LogP contribution in [0.25, 0.3) is 0 Å². The second-order valence-electron chi connectivity index (χ2n) is 4.00. The zero-order valence-corrected chi connectivity index (χ0v) is 11.8. The molecule has 2 nitrogen and oxygen atoms in total. The quantitative estimate of drug-likeness (QED) is 0.800. The summed E-state index contributed by atoms with van der Waals surface area (Å²) in [6, 6.07) is 5.41. The minimum atomic E-state index is 0.307. The van der Waals surface area contributed by atoms with Crippen molar-refractivity contribution in [2.24, 2.45) is 11.7 Å². The fourth-order valence-corrected chi connectivity index (χ4v) is 2.03. The number of rotatable bonds is 6. The third-order valence-electron chi connectivity index (χ3n) is 2.85. The molecule has 0 saturated heterocycles. The predicted octanol–water partition coefficient (Wildman–Crippen LogP) is 3.79. The van der Waals surface area contributed by atoms with Gasteiger partial charge in [-0.15, -0.1) is 0 Å². The Bertz CT molecular complexity index is 391. The highest BCUT2D eigenvalue weighted by Crippen LogP contribution is 2.23. The molecule has 0 atom stereocenters. The molecule has 1 aromatic rings. The Morgan fingerprint density at radius 3 is 2.53 bits per heavy atom. The summed E-state index contributed by atoms with van der Waals surface area (Å²) in [5, 5.41) is 0.541. The number of thiocarbonyl (C=S) groups is 1. The van der Waals surface area contributed by atoms with E-state index in [-0.39, 0.29) is 0 Å². The average Bonchev–Trinajstić information content (AvgIpc) is 2.30. The van der Waals surface area contributed by atoms with Crippen LogP contribution in [0.4, 0.5) is 0 Å². The van der Waals surface area contributed by atoms with E-state index in [9.17, 15) is 0 Å². The summed E-state index contributed by atoms with van der Waals surface area (Å²) in [5.41, 5.74) is 6.23. The van der Waals surface area contributed by atoms with Crippen LogP contribution in [-0.2, 0) is 0 Å². The molecule has 0 spiro atoms. The van der Waals surface area contributed by atoms with Gasteiger partial charge in [-0.1, -0.05) is 50.5 Å². The fourth-order valence-electron chi connectivity index (χ4n) is 1.52. The maximum Gasteiger partial charge on any atom is 0.120 e. The standard InChI is InChI=1S/C13H18ClNOS/c1-3-9(4-2)8-16-10-5-6-11(13(15)17)12(14)7-10/h5-7,9H,3-4,8H2,1-2H3,(H2,15,17). The molecule has 0 unspecified atom stereocenters. The minimum Gasteiger partial charge on any atom is -0.493 e. The van der Waals surface area contributed by atoms with Crippen molar-refractivity contribution in [2.75, 3.05) is 6.61 Å². The first-order valence-corrected chi connectivity index (χ1v) is 6.59. The van der Waals surface area contributed by atoms with Gasteiger partial charge in [0.2, 0.25) is 0 Å². The Labute approximate surface area is 113 Å². The molecule has 0 aliphatic rings. The van der Waals surface area contributed by atoms with Gasteiger partial charge < -0.3 is 10.5 Å². The fraction of sp³-hybridized carbons (Fsp3) is 0.462. The summed E-state index contributed by atoms with van der Waals surface area (Å²) in [4.78, 5) is 0.307. The molecular weight excluding hydrogens is 254 g/mol. The predicted molar refractivity (Wildman–Crippen MR) is 76.9 cm³/mol. The highest BCUT2D eigenvalue weighted by atomic mass is 35.5. The number of hydrogen-bond acceptors (Lipinski definition) is 2. The van der Waals surface area contributed by atoms with Crippen LogP contribution in [0, 0.1) is 5.92 Å². The molecule has 1 rings (SSSR count). The number of nitrogens with two attached hydrogens (primary N) is 1. The lowest BCUT2D eigenvalue weighted by molar-refractivity contribution is 0.240. The van der Waals surface area contributed by atoms with E-state index in [1.165, 1.54) is 0 Å². The Hall–Kier alpha value is -0.800. The summed E-state index contributed by atoms with van der Waals surface area (Å²) >= 11 is 10.9. The van der Waals surface area contributed by atoms with Crippen molar-refractivity contribution in [3.8, 4) is 5.75 Å². The first-order valence-electron chi connectivity index (χ1n) is 5.80. The smallest absolute Gasteiger partial charge is 0.120 e. The Morgan fingerprint density at radius 2 is 2.06 bits per heavy atom. The van der Waals surface area contributed by atoms with Crippen LogP contribution < -0.4 is 10.5 Å². The number of halogens is 1. The van der Waals surface area contributed by atoms with Gasteiger partial charge in [-0.05, 0) is 24.1 Å². The molecule has 1 aromatic carbocycles. The molecule has 0 aliphatic carbocycles. The Kier molecular flexibility index (Phi) is 5.72. The minimum absolute atomic E-state index is 0.307. The van der Waals surface area contributed by atoms with Crippen LogP contribution in [0.3, 0.4) is 0 Å². The van der Waals surface area contributed by atoms with Crippen molar-refractivity contribution < 1.29 is 4.74 Å². The van der Waals surface area contributed by atoms with Crippen molar-refractivity contribution in [3.05, 3.63) is 28.8 Å². The van der Waals surface area contributed by atoms with E-state index in [4.69, 9.17) is 34.3 Å². The van der Waals surface area contributed by atoms with Gasteiger partial charge in [0.25, 0.3) is 0 Å². The van der Waals surface area contributed by atoms with Gasteiger partial charge in [0, 0.05) is 5.56 Å². The highest BCUT2D eigenvalue weighted by molar-refractivity contribution is 7.80. The average molecular weight is 272 g/mol. The van der Waals surface area contributed by atoms with E-state index >= 15 is 0 Å². The Morgan fingerprint density at radius 1 is 1.41 bits per heavy atom. The van der Waals surface area contributed by atoms with E-state index in [1.807, 2.05) is 6.07 Å². The molecule has 0 heterocycles. The van der Waals surface area contributed by atoms with Crippen molar-refractivity contribution in [1.82, 2.24) is 0 Å². The summed E-state index contributed by atoms with van der Waals surface area (Å²) in [5.74, 6) is 1.35. The topological polar surface area (TPSA) is 35.2 Å².